The van der Waals surface area contributed by atoms with E-state index in [1.165, 1.54) is 42.5 Å². The van der Waals surface area contributed by atoms with Crippen LogP contribution in [0, 0.1) is 0 Å². The van der Waals surface area contributed by atoms with Crippen LogP contribution in [0.15, 0.2) is 48.5 Å². The summed E-state index contributed by atoms with van der Waals surface area (Å²) in [6, 6.07) is 18.7. The van der Waals surface area contributed by atoms with Crippen LogP contribution in [0.5, 0.6) is 5.75 Å². The number of benzene rings is 2. The highest BCUT2D eigenvalue weighted by Crippen LogP contribution is 2.45. The molecule has 2 aromatic carbocycles. The number of ether oxygens (including phenoxy) is 1. The number of nitrogens with zero attached hydrogens (tertiary/aromatic N) is 1. The van der Waals surface area contributed by atoms with Gasteiger partial charge in [-0.15, -0.1) is 0 Å². The van der Waals surface area contributed by atoms with Crippen LogP contribution in [0.2, 0.25) is 0 Å². The van der Waals surface area contributed by atoms with Gasteiger partial charge in [-0.05, 0) is 55.0 Å². The molecule has 0 aliphatic carbocycles. The molecule has 21 heavy (non-hydrogen) atoms. The summed E-state index contributed by atoms with van der Waals surface area (Å²) >= 11 is 0. The molecule has 0 radical (unpaired) electrons. The molecule has 0 saturated carbocycles. The van der Waals surface area contributed by atoms with Crippen LogP contribution < -0.4 is 9.64 Å². The maximum Gasteiger partial charge on any atom is 0.119 e. The van der Waals surface area contributed by atoms with Gasteiger partial charge in [0.2, 0.25) is 0 Å². The number of fused-ring (bicyclic) bond motifs is 3. The number of aryl methyl sites for hydroxylation is 1. The van der Waals surface area contributed by atoms with Crippen LogP contribution in [0.3, 0.4) is 0 Å². The van der Waals surface area contributed by atoms with Crippen molar-refractivity contribution in [3.8, 4) is 5.75 Å². The third-order valence-electron chi connectivity index (χ3n) is 5.00. The quantitative estimate of drug-likeness (QED) is 0.810. The molecule has 0 aromatic heterocycles. The number of hydrogen-bond donors (Lipinski definition) is 0. The van der Waals surface area contributed by atoms with E-state index < -0.39 is 0 Å². The van der Waals surface area contributed by atoms with Gasteiger partial charge in [0.1, 0.15) is 5.75 Å². The average molecular weight is 279 g/mol. The Morgan fingerprint density at radius 1 is 1.00 bits per heavy atom. The zero-order valence-corrected chi connectivity index (χ0v) is 12.5. The van der Waals surface area contributed by atoms with Crippen molar-refractivity contribution in [1.82, 2.24) is 0 Å². The smallest absolute Gasteiger partial charge is 0.119 e. The number of hydrogen-bond acceptors (Lipinski definition) is 2. The summed E-state index contributed by atoms with van der Waals surface area (Å²) in [7, 11) is 1.74. The van der Waals surface area contributed by atoms with E-state index >= 15 is 0 Å². The van der Waals surface area contributed by atoms with Crippen LogP contribution in [-0.2, 0) is 6.42 Å². The minimum absolute atomic E-state index is 0.492. The largest absolute Gasteiger partial charge is 0.497 e. The summed E-state index contributed by atoms with van der Waals surface area (Å²) < 4.78 is 5.40. The molecule has 0 unspecified atom stereocenters. The van der Waals surface area contributed by atoms with Gasteiger partial charge in [-0.2, -0.15) is 0 Å². The van der Waals surface area contributed by atoms with E-state index in [9.17, 15) is 0 Å². The molecule has 2 aromatic rings. The molecule has 1 fully saturated rings. The predicted molar refractivity (Wildman–Crippen MR) is 86.0 cm³/mol. The van der Waals surface area contributed by atoms with Crippen LogP contribution in [-0.4, -0.2) is 13.2 Å². The fourth-order valence-corrected chi connectivity index (χ4v) is 4.00. The van der Waals surface area contributed by atoms with Crippen molar-refractivity contribution in [1.29, 1.82) is 0 Å². The molecule has 108 valence electrons. The van der Waals surface area contributed by atoms with Crippen LogP contribution in [0.25, 0.3) is 0 Å². The highest BCUT2D eigenvalue weighted by Gasteiger charge is 2.37. The first-order valence-corrected chi connectivity index (χ1v) is 7.87. The summed E-state index contributed by atoms with van der Waals surface area (Å²) in [6.07, 6.45) is 5.06. The Morgan fingerprint density at radius 3 is 2.81 bits per heavy atom. The zero-order valence-electron chi connectivity index (χ0n) is 12.5. The summed E-state index contributed by atoms with van der Waals surface area (Å²) in [5, 5.41) is 0. The summed E-state index contributed by atoms with van der Waals surface area (Å²) in [5.41, 5.74) is 4.33. The molecule has 2 aliphatic rings. The Hall–Kier alpha value is -1.96. The van der Waals surface area contributed by atoms with Crippen LogP contribution in [0.1, 0.15) is 36.4 Å². The number of para-hydroxylation sites is 1. The predicted octanol–water partition coefficient (Wildman–Crippen LogP) is 4.35. The van der Waals surface area contributed by atoms with Crippen molar-refractivity contribution in [2.45, 2.75) is 37.8 Å². The molecule has 0 bridgehead atoms. The lowest BCUT2D eigenvalue weighted by molar-refractivity contribution is 0.413. The standard InChI is InChI=1S/C19H21NO/c1-21-17-7-4-6-15(13-17)19-12-11-16-10-9-14-5-2-3-8-18(14)20(16)19/h2-8,13,16,19H,9-12H2,1H3/t16-,19-/m0/s1. The second-order valence-electron chi connectivity index (χ2n) is 6.10. The van der Waals surface area contributed by atoms with Crippen molar-refractivity contribution in [3.05, 3.63) is 59.7 Å². The monoisotopic (exact) mass is 279 g/mol. The molecule has 0 spiro atoms. The molecule has 2 atom stereocenters. The first-order chi connectivity index (χ1) is 10.4. The number of rotatable bonds is 2. The second-order valence-corrected chi connectivity index (χ2v) is 6.10. The van der Waals surface area contributed by atoms with Gasteiger partial charge in [-0.3, -0.25) is 0 Å². The van der Waals surface area contributed by atoms with E-state index in [0.717, 1.165) is 5.75 Å². The normalized spacial score (nSPS) is 23.6. The van der Waals surface area contributed by atoms with Crippen molar-refractivity contribution in [2.75, 3.05) is 12.0 Å². The molecule has 2 heterocycles. The third kappa shape index (κ3) is 2.10. The number of anilines is 1. The Kier molecular flexibility index (Phi) is 3.10. The lowest BCUT2D eigenvalue weighted by Gasteiger charge is -2.38. The van der Waals surface area contributed by atoms with Gasteiger partial charge in [0.25, 0.3) is 0 Å². The van der Waals surface area contributed by atoms with E-state index in [4.69, 9.17) is 4.74 Å². The van der Waals surface area contributed by atoms with E-state index in [2.05, 4.69) is 47.4 Å². The molecular formula is C19H21NO. The van der Waals surface area contributed by atoms with Crippen molar-refractivity contribution >= 4 is 5.69 Å². The van der Waals surface area contributed by atoms with Crippen LogP contribution >= 0.6 is 0 Å². The molecule has 0 N–H and O–H groups in total. The van der Waals surface area contributed by atoms with Gasteiger partial charge in [-0.25, -0.2) is 0 Å². The van der Waals surface area contributed by atoms with E-state index in [1.54, 1.807) is 7.11 Å². The molecule has 0 amide bonds. The number of methoxy groups -OCH3 is 1. The first-order valence-electron chi connectivity index (χ1n) is 7.87. The van der Waals surface area contributed by atoms with Crippen molar-refractivity contribution in [2.24, 2.45) is 0 Å². The van der Waals surface area contributed by atoms with Crippen molar-refractivity contribution < 1.29 is 4.74 Å². The second kappa shape index (κ2) is 5.10. The molecule has 2 aliphatic heterocycles. The molecule has 4 rings (SSSR count). The fraction of sp³-hybridized carbons (Fsp3) is 0.368. The molecule has 1 saturated heterocycles. The molecule has 2 heteroatoms. The Morgan fingerprint density at radius 2 is 1.90 bits per heavy atom. The van der Waals surface area contributed by atoms with E-state index in [0.29, 0.717) is 12.1 Å². The topological polar surface area (TPSA) is 12.5 Å². The molecular weight excluding hydrogens is 258 g/mol. The van der Waals surface area contributed by atoms with Gasteiger partial charge in [-0.1, -0.05) is 30.3 Å². The maximum absolute atomic E-state index is 5.40. The van der Waals surface area contributed by atoms with Crippen molar-refractivity contribution in [3.63, 3.8) is 0 Å². The Balaban J connectivity index is 1.75. The third-order valence-corrected chi connectivity index (χ3v) is 5.00. The summed E-state index contributed by atoms with van der Waals surface area (Å²) in [5.74, 6) is 0.959. The average Bonchev–Trinajstić information content (AvgIpc) is 2.99. The highest BCUT2D eigenvalue weighted by atomic mass is 16.5. The van der Waals surface area contributed by atoms with Gasteiger partial charge < -0.3 is 9.64 Å². The highest BCUT2D eigenvalue weighted by molar-refractivity contribution is 5.59. The minimum Gasteiger partial charge on any atom is -0.497 e. The Bertz CT molecular complexity index is 652. The zero-order chi connectivity index (χ0) is 14.2. The summed E-state index contributed by atoms with van der Waals surface area (Å²) in [6.45, 7) is 0. The lowest BCUT2D eigenvalue weighted by atomic mass is 9.96. The van der Waals surface area contributed by atoms with Gasteiger partial charge in [0.15, 0.2) is 0 Å². The minimum atomic E-state index is 0.492. The molecule has 2 nitrogen and oxygen atoms in total. The summed E-state index contributed by atoms with van der Waals surface area (Å²) in [4.78, 5) is 2.66. The van der Waals surface area contributed by atoms with Gasteiger partial charge in [0, 0.05) is 11.7 Å². The fourth-order valence-electron chi connectivity index (χ4n) is 4.00. The Labute approximate surface area is 126 Å². The van der Waals surface area contributed by atoms with E-state index in [-0.39, 0.29) is 0 Å². The maximum atomic E-state index is 5.40. The van der Waals surface area contributed by atoms with Crippen LogP contribution in [0.4, 0.5) is 5.69 Å². The lowest BCUT2D eigenvalue weighted by Crippen LogP contribution is -2.35. The van der Waals surface area contributed by atoms with Gasteiger partial charge in [0.05, 0.1) is 13.2 Å². The van der Waals surface area contributed by atoms with E-state index in [1.807, 2.05) is 6.07 Å². The first kappa shape index (κ1) is 12.8. The van der Waals surface area contributed by atoms with Gasteiger partial charge >= 0.3 is 0 Å². The SMILES string of the molecule is COc1cccc([C@@H]2CC[C@@H]3CCc4ccccc4N32)c1.